The number of halogens is 2. The highest BCUT2D eigenvalue weighted by molar-refractivity contribution is 6.30. The van der Waals surface area contributed by atoms with Crippen molar-refractivity contribution >= 4 is 17.5 Å². The Bertz CT molecular complexity index is 616. The fourth-order valence-electron chi connectivity index (χ4n) is 1.74. The number of ether oxygens (including phenoxy) is 1. The SMILES string of the molecule is C[C@H](Oc1ccc(Cl)cc1)C(=O)NCc1ccccc1F. The summed E-state index contributed by atoms with van der Waals surface area (Å²) >= 11 is 5.77. The zero-order valence-corrected chi connectivity index (χ0v) is 12.2. The smallest absolute Gasteiger partial charge is 0.261 e. The molecule has 0 aliphatic heterocycles. The van der Waals surface area contributed by atoms with Crippen molar-refractivity contribution in [3.63, 3.8) is 0 Å². The predicted molar refractivity (Wildman–Crippen MR) is 79.8 cm³/mol. The zero-order valence-electron chi connectivity index (χ0n) is 11.5. The van der Waals surface area contributed by atoms with Crippen LogP contribution in [0.4, 0.5) is 4.39 Å². The van der Waals surface area contributed by atoms with E-state index in [1.54, 1.807) is 49.4 Å². The molecule has 0 unspecified atom stereocenters. The van der Waals surface area contributed by atoms with Crippen LogP contribution < -0.4 is 10.1 Å². The third-order valence-electron chi connectivity index (χ3n) is 2.91. The molecule has 1 N–H and O–H groups in total. The van der Waals surface area contributed by atoms with Gasteiger partial charge in [-0.25, -0.2) is 4.39 Å². The van der Waals surface area contributed by atoms with E-state index in [9.17, 15) is 9.18 Å². The Kier molecular flexibility index (Phi) is 5.17. The molecule has 5 heteroatoms. The van der Waals surface area contributed by atoms with Gasteiger partial charge in [0.25, 0.3) is 5.91 Å². The predicted octanol–water partition coefficient (Wildman–Crippen LogP) is 3.56. The number of benzene rings is 2. The molecule has 0 saturated carbocycles. The van der Waals surface area contributed by atoms with Crippen LogP contribution in [0.2, 0.25) is 5.02 Å². The lowest BCUT2D eigenvalue weighted by Crippen LogP contribution is -2.36. The van der Waals surface area contributed by atoms with E-state index < -0.39 is 6.10 Å². The lowest BCUT2D eigenvalue weighted by molar-refractivity contribution is -0.127. The molecule has 2 aromatic carbocycles. The summed E-state index contributed by atoms with van der Waals surface area (Å²) in [4.78, 5) is 11.9. The number of hydrogen-bond donors (Lipinski definition) is 1. The molecule has 2 rings (SSSR count). The summed E-state index contributed by atoms with van der Waals surface area (Å²) in [6.07, 6.45) is -0.682. The van der Waals surface area contributed by atoms with Crippen LogP contribution in [0.3, 0.4) is 0 Å². The van der Waals surface area contributed by atoms with Gasteiger partial charge in [-0.2, -0.15) is 0 Å². The molecule has 1 amide bonds. The Balaban J connectivity index is 1.88. The Hall–Kier alpha value is -2.07. The zero-order chi connectivity index (χ0) is 15.2. The molecule has 0 bridgehead atoms. The van der Waals surface area contributed by atoms with E-state index in [4.69, 9.17) is 16.3 Å². The van der Waals surface area contributed by atoms with Crippen LogP contribution in [0.25, 0.3) is 0 Å². The Labute approximate surface area is 127 Å². The van der Waals surface area contributed by atoms with Crippen molar-refractivity contribution in [2.24, 2.45) is 0 Å². The highest BCUT2D eigenvalue weighted by Gasteiger charge is 2.14. The standard InChI is InChI=1S/C16H15ClFNO2/c1-11(21-14-8-6-13(17)7-9-14)16(20)19-10-12-4-2-3-5-15(12)18/h2-9,11H,10H2,1H3,(H,19,20)/t11-/m0/s1. The first-order valence-corrected chi connectivity index (χ1v) is 6.87. The average Bonchev–Trinajstić information content (AvgIpc) is 2.48. The monoisotopic (exact) mass is 307 g/mol. The Morgan fingerprint density at radius 2 is 1.90 bits per heavy atom. The topological polar surface area (TPSA) is 38.3 Å². The number of amides is 1. The van der Waals surface area contributed by atoms with Gasteiger partial charge < -0.3 is 10.1 Å². The van der Waals surface area contributed by atoms with E-state index in [0.717, 1.165) is 0 Å². The van der Waals surface area contributed by atoms with Crippen LogP contribution in [0.1, 0.15) is 12.5 Å². The van der Waals surface area contributed by atoms with Gasteiger partial charge in [0, 0.05) is 17.1 Å². The molecule has 0 radical (unpaired) electrons. The molecule has 2 aromatic rings. The van der Waals surface area contributed by atoms with Crippen LogP contribution in [0.15, 0.2) is 48.5 Å². The minimum Gasteiger partial charge on any atom is -0.481 e. The van der Waals surface area contributed by atoms with Gasteiger partial charge in [-0.3, -0.25) is 4.79 Å². The van der Waals surface area contributed by atoms with E-state index >= 15 is 0 Å². The number of carbonyl (C=O) groups excluding carboxylic acids is 1. The fourth-order valence-corrected chi connectivity index (χ4v) is 1.86. The van der Waals surface area contributed by atoms with Gasteiger partial charge >= 0.3 is 0 Å². The van der Waals surface area contributed by atoms with E-state index in [2.05, 4.69) is 5.32 Å². The number of nitrogens with one attached hydrogen (secondary N) is 1. The molecule has 0 fully saturated rings. The summed E-state index contributed by atoms with van der Waals surface area (Å²) in [5.74, 6) is -0.106. The maximum Gasteiger partial charge on any atom is 0.261 e. The highest BCUT2D eigenvalue weighted by Crippen LogP contribution is 2.16. The molecule has 3 nitrogen and oxygen atoms in total. The van der Waals surface area contributed by atoms with Crippen LogP contribution in [0, 0.1) is 5.82 Å². The van der Waals surface area contributed by atoms with Gasteiger partial charge in [0.05, 0.1) is 0 Å². The van der Waals surface area contributed by atoms with Crippen molar-refractivity contribution in [1.82, 2.24) is 5.32 Å². The minimum absolute atomic E-state index is 0.125. The molecular formula is C16H15ClFNO2. The van der Waals surface area contributed by atoms with Gasteiger partial charge in [0.2, 0.25) is 0 Å². The largest absolute Gasteiger partial charge is 0.481 e. The fraction of sp³-hybridized carbons (Fsp3) is 0.188. The summed E-state index contributed by atoms with van der Waals surface area (Å²) in [5.41, 5.74) is 0.435. The molecule has 0 saturated heterocycles. The second kappa shape index (κ2) is 7.09. The second-order valence-electron chi connectivity index (χ2n) is 4.52. The summed E-state index contributed by atoms with van der Waals surface area (Å²) in [6, 6.07) is 13.0. The minimum atomic E-state index is -0.682. The van der Waals surface area contributed by atoms with Gasteiger partial charge in [-0.05, 0) is 37.3 Å². The Morgan fingerprint density at radius 3 is 2.57 bits per heavy atom. The number of rotatable bonds is 5. The van der Waals surface area contributed by atoms with Gasteiger partial charge in [-0.15, -0.1) is 0 Å². The lowest BCUT2D eigenvalue weighted by atomic mass is 10.2. The van der Waals surface area contributed by atoms with Crippen molar-refractivity contribution in [1.29, 1.82) is 0 Å². The number of carbonyl (C=O) groups is 1. The average molecular weight is 308 g/mol. The summed E-state index contributed by atoms with van der Waals surface area (Å²) in [7, 11) is 0. The van der Waals surface area contributed by atoms with Crippen molar-refractivity contribution in [3.8, 4) is 5.75 Å². The molecular weight excluding hydrogens is 293 g/mol. The summed E-state index contributed by atoms with van der Waals surface area (Å²) in [5, 5.41) is 3.24. The molecule has 21 heavy (non-hydrogen) atoms. The molecule has 0 heterocycles. The molecule has 0 aliphatic rings. The lowest BCUT2D eigenvalue weighted by Gasteiger charge is -2.15. The van der Waals surface area contributed by atoms with Crippen molar-refractivity contribution in [2.75, 3.05) is 0 Å². The molecule has 0 aliphatic carbocycles. The van der Waals surface area contributed by atoms with Crippen LogP contribution in [-0.2, 0) is 11.3 Å². The van der Waals surface area contributed by atoms with E-state index in [1.807, 2.05) is 0 Å². The van der Waals surface area contributed by atoms with Gasteiger partial charge in [-0.1, -0.05) is 29.8 Å². The van der Waals surface area contributed by atoms with Crippen molar-refractivity contribution in [2.45, 2.75) is 19.6 Å². The summed E-state index contributed by atoms with van der Waals surface area (Å²) < 4.78 is 18.9. The van der Waals surface area contributed by atoms with Crippen LogP contribution >= 0.6 is 11.6 Å². The normalized spacial score (nSPS) is 11.8. The van der Waals surface area contributed by atoms with Crippen LogP contribution in [-0.4, -0.2) is 12.0 Å². The molecule has 0 spiro atoms. The molecule has 1 atom stereocenters. The Morgan fingerprint density at radius 1 is 1.24 bits per heavy atom. The maximum atomic E-state index is 13.4. The molecule has 110 valence electrons. The first-order valence-electron chi connectivity index (χ1n) is 6.49. The van der Waals surface area contributed by atoms with E-state index in [0.29, 0.717) is 16.3 Å². The van der Waals surface area contributed by atoms with Crippen molar-refractivity contribution in [3.05, 3.63) is 64.9 Å². The quantitative estimate of drug-likeness (QED) is 0.917. The van der Waals surface area contributed by atoms with E-state index in [-0.39, 0.29) is 18.3 Å². The summed E-state index contributed by atoms with van der Waals surface area (Å²) in [6.45, 7) is 1.76. The van der Waals surface area contributed by atoms with Crippen molar-refractivity contribution < 1.29 is 13.9 Å². The first kappa shape index (κ1) is 15.3. The third-order valence-corrected chi connectivity index (χ3v) is 3.16. The first-order chi connectivity index (χ1) is 10.1. The van der Waals surface area contributed by atoms with Crippen LogP contribution in [0.5, 0.6) is 5.75 Å². The maximum absolute atomic E-state index is 13.4. The molecule has 0 aromatic heterocycles. The van der Waals surface area contributed by atoms with Gasteiger partial charge in [0.1, 0.15) is 11.6 Å². The second-order valence-corrected chi connectivity index (χ2v) is 4.96. The van der Waals surface area contributed by atoms with E-state index in [1.165, 1.54) is 6.07 Å². The van der Waals surface area contributed by atoms with Gasteiger partial charge in [0.15, 0.2) is 6.10 Å². The third kappa shape index (κ3) is 4.46. The highest BCUT2D eigenvalue weighted by atomic mass is 35.5. The number of hydrogen-bond acceptors (Lipinski definition) is 2.